The summed E-state index contributed by atoms with van der Waals surface area (Å²) in [6.07, 6.45) is 0. The third-order valence-electron chi connectivity index (χ3n) is 2.65. The van der Waals surface area contributed by atoms with Crippen molar-refractivity contribution in [1.82, 2.24) is 0 Å². The van der Waals surface area contributed by atoms with E-state index in [4.69, 9.17) is 27.9 Å². The molecular weight excluding hydrogens is 271 g/mol. The Hall–Kier alpha value is -1.38. The lowest BCUT2D eigenvalue weighted by molar-refractivity contribution is 0.302. The van der Waals surface area contributed by atoms with Crippen LogP contribution in [0.2, 0.25) is 10.0 Å². The molecule has 2 aromatic carbocycles. The summed E-state index contributed by atoms with van der Waals surface area (Å²) in [5.74, 6) is 0.857. The van der Waals surface area contributed by atoms with Crippen LogP contribution in [-0.4, -0.2) is 5.11 Å². The molecule has 2 aromatic rings. The monoisotopic (exact) mass is 282 g/mol. The molecule has 0 radical (unpaired) electrons. The summed E-state index contributed by atoms with van der Waals surface area (Å²) in [6, 6.07) is 10.4. The normalized spacial score (nSPS) is 10.4. The molecule has 2 rings (SSSR count). The van der Waals surface area contributed by atoms with Gasteiger partial charge in [0.2, 0.25) is 0 Å². The minimum absolute atomic E-state index is 0.217. The van der Waals surface area contributed by atoms with E-state index in [9.17, 15) is 5.11 Å². The molecule has 0 spiro atoms. The highest BCUT2D eigenvalue weighted by Crippen LogP contribution is 2.28. The van der Waals surface area contributed by atoms with Crippen LogP contribution >= 0.6 is 23.2 Å². The van der Waals surface area contributed by atoms with Crippen LogP contribution in [0.5, 0.6) is 11.5 Å². The van der Waals surface area contributed by atoms with Crippen molar-refractivity contribution in [2.24, 2.45) is 0 Å². The van der Waals surface area contributed by atoms with E-state index in [0.29, 0.717) is 28.0 Å². The summed E-state index contributed by atoms with van der Waals surface area (Å²) in [5, 5.41) is 10.7. The highest BCUT2D eigenvalue weighted by molar-refractivity contribution is 6.35. The van der Waals surface area contributed by atoms with E-state index in [1.54, 1.807) is 37.3 Å². The minimum Gasteiger partial charge on any atom is -0.508 e. The SMILES string of the molecule is Cc1c(O)cccc1OCc1ccc(Cl)cc1Cl. The van der Waals surface area contributed by atoms with E-state index in [2.05, 4.69) is 0 Å². The van der Waals surface area contributed by atoms with Gasteiger partial charge in [-0.3, -0.25) is 0 Å². The number of benzene rings is 2. The van der Waals surface area contributed by atoms with Gasteiger partial charge < -0.3 is 9.84 Å². The first-order valence-electron chi connectivity index (χ1n) is 5.43. The van der Waals surface area contributed by atoms with E-state index >= 15 is 0 Å². The zero-order chi connectivity index (χ0) is 13.1. The fourth-order valence-electron chi connectivity index (χ4n) is 1.55. The third-order valence-corrected chi connectivity index (χ3v) is 3.24. The van der Waals surface area contributed by atoms with Crippen LogP contribution in [0.15, 0.2) is 36.4 Å². The minimum atomic E-state index is 0.217. The van der Waals surface area contributed by atoms with Gasteiger partial charge in [0.1, 0.15) is 18.1 Å². The predicted octanol–water partition coefficient (Wildman–Crippen LogP) is 4.59. The first-order chi connectivity index (χ1) is 8.58. The lowest BCUT2D eigenvalue weighted by Gasteiger charge is -2.11. The molecule has 0 saturated heterocycles. The van der Waals surface area contributed by atoms with Gasteiger partial charge in [0.05, 0.1) is 0 Å². The standard InChI is InChI=1S/C14H12Cl2O2/c1-9-13(17)3-2-4-14(9)18-8-10-5-6-11(15)7-12(10)16/h2-7,17H,8H2,1H3. The summed E-state index contributed by atoms with van der Waals surface area (Å²) in [7, 11) is 0. The van der Waals surface area contributed by atoms with Crippen molar-refractivity contribution >= 4 is 23.2 Å². The second-order valence-electron chi connectivity index (χ2n) is 3.92. The van der Waals surface area contributed by atoms with Crippen LogP contribution in [0.3, 0.4) is 0 Å². The van der Waals surface area contributed by atoms with E-state index in [1.165, 1.54) is 0 Å². The highest BCUT2D eigenvalue weighted by atomic mass is 35.5. The topological polar surface area (TPSA) is 29.5 Å². The Morgan fingerprint density at radius 2 is 1.94 bits per heavy atom. The van der Waals surface area contributed by atoms with E-state index < -0.39 is 0 Å². The van der Waals surface area contributed by atoms with Crippen molar-refractivity contribution in [3.8, 4) is 11.5 Å². The molecule has 0 aromatic heterocycles. The van der Waals surface area contributed by atoms with Crippen molar-refractivity contribution in [2.45, 2.75) is 13.5 Å². The predicted molar refractivity (Wildman–Crippen MR) is 73.6 cm³/mol. The number of aromatic hydroxyl groups is 1. The fourth-order valence-corrected chi connectivity index (χ4v) is 2.02. The molecule has 0 unspecified atom stereocenters. The quantitative estimate of drug-likeness (QED) is 0.893. The average Bonchev–Trinajstić information content (AvgIpc) is 2.33. The van der Waals surface area contributed by atoms with Crippen LogP contribution in [0.1, 0.15) is 11.1 Å². The molecule has 0 fully saturated rings. The second-order valence-corrected chi connectivity index (χ2v) is 4.77. The summed E-state index contributed by atoms with van der Waals surface area (Å²) in [6.45, 7) is 2.13. The van der Waals surface area contributed by atoms with Gasteiger partial charge in [0.25, 0.3) is 0 Å². The maximum atomic E-state index is 9.56. The molecule has 4 heteroatoms. The average molecular weight is 283 g/mol. The number of phenols is 1. The molecule has 0 atom stereocenters. The molecule has 0 aliphatic carbocycles. The van der Waals surface area contributed by atoms with E-state index in [0.717, 1.165) is 5.56 Å². The second kappa shape index (κ2) is 5.51. The summed E-state index contributed by atoms with van der Waals surface area (Å²) < 4.78 is 5.64. The number of halogens is 2. The van der Waals surface area contributed by atoms with Crippen molar-refractivity contribution in [3.05, 3.63) is 57.6 Å². The van der Waals surface area contributed by atoms with Gasteiger partial charge in [-0.1, -0.05) is 35.3 Å². The first-order valence-corrected chi connectivity index (χ1v) is 6.19. The number of rotatable bonds is 3. The zero-order valence-electron chi connectivity index (χ0n) is 9.78. The van der Waals surface area contributed by atoms with Crippen LogP contribution < -0.4 is 4.74 Å². The van der Waals surface area contributed by atoms with Crippen LogP contribution in [0, 0.1) is 6.92 Å². The summed E-state index contributed by atoms with van der Waals surface area (Å²) >= 11 is 11.9. The molecular formula is C14H12Cl2O2. The van der Waals surface area contributed by atoms with E-state index in [-0.39, 0.29) is 5.75 Å². The Labute approximate surface area is 116 Å². The third kappa shape index (κ3) is 2.89. The Bertz CT molecular complexity index is 568. The van der Waals surface area contributed by atoms with Crippen LogP contribution in [0.4, 0.5) is 0 Å². The number of ether oxygens (including phenoxy) is 1. The van der Waals surface area contributed by atoms with Crippen molar-refractivity contribution in [1.29, 1.82) is 0 Å². The fraction of sp³-hybridized carbons (Fsp3) is 0.143. The first kappa shape index (κ1) is 13.1. The van der Waals surface area contributed by atoms with Crippen molar-refractivity contribution in [2.75, 3.05) is 0 Å². The lowest BCUT2D eigenvalue weighted by Crippen LogP contribution is -1.97. The number of hydrogen-bond donors (Lipinski definition) is 1. The Morgan fingerprint density at radius 1 is 1.17 bits per heavy atom. The Kier molecular flexibility index (Phi) is 4.00. The van der Waals surface area contributed by atoms with Crippen molar-refractivity contribution < 1.29 is 9.84 Å². The molecule has 0 aliphatic rings. The van der Waals surface area contributed by atoms with Gasteiger partial charge in [-0.15, -0.1) is 0 Å². The van der Waals surface area contributed by atoms with E-state index in [1.807, 2.05) is 6.07 Å². The molecule has 1 N–H and O–H groups in total. The smallest absolute Gasteiger partial charge is 0.126 e. The summed E-state index contributed by atoms with van der Waals surface area (Å²) in [5.41, 5.74) is 1.56. The molecule has 0 saturated carbocycles. The van der Waals surface area contributed by atoms with Gasteiger partial charge in [-0.2, -0.15) is 0 Å². The molecule has 0 heterocycles. The van der Waals surface area contributed by atoms with Gasteiger partial charge in [0.15, 0.2) is 0 Å². The number of phenolic OH excluding ortho intramolecular Hbond substituents is 1. The van der Waals surface area contributed by atoms with Gasteiger partial charge >= 0.3 is 0 Å². The molecule has 0 bridgehead atoms. The van der Waals surface area contributed by atoms with Crippen LogP contribution in [-0.2, 0) is 6.61 Å². The Balaban J connectivity index is 2.14. The maximum absolute atomic E-state index is 9.56. The zero-order valence-corrected chi connectivity index (χ0v) is 11.3. The highest BCUT2D eigenvalue weighted by Gasteiger charge is 2.06. The van der Waals surface area contributed by atoms with Crippen LogP contribution in [0.25, 0.3) is 0 Å². The van der Waals surface area contributed by atoms with Crippen molar-refractivity contribution in [3.63, 3.8) is 0 Å². The van der Waals surface area contributed by atoms with Gasteiger partial charge in [0, 0.05) is 21.2 Å². The molecule has 2 nitrogen and oxygen atoms in total. The molecule has 0 aliphatic heterocycles. The molecule has 18 heavy (non-hydrogen) atoms. The molecule has 94 valence electrons. The largest absolute Gasteiger partial charge is 0.508 e. The molecule has 0 amide bonds. The lowest BCUT2D eigenvalue weighted by atomic mass is 10.2. The van der Waals surface area contributed by atoms with Gasteiger partial charge in [-0.05, 0) is 31.2 Å². The van der Waals surface area contributed by atoms with Gasteiger partial charge in [-0.25, -0.2) is 0 Å². The number of hydrogen-bond acceptors (Lipinski definition) is 2. The maximum Gasteiger partial charge on any atom is 0.126 e. The Morgan fingerprint density at radius 3 is 2.67 bits per heavy atom. The summed E-state index contributed by atoms with van der Waals surface area (Å²) in [4.78, 5) is 0.